The number of hydrogen-bond acceptors (Lipinski definition) is 7. The Morgan fingerprint density at radius 2 is 1.55 bits per heavy atom. The number of ether oxygens (including phenoxy) is 1. The monoisotopic (exact) mass is 593 g/mol. The molecule has 12 nitrogen and oxygen atoms in total. The van der Waals surface area contributed by atoms with Crippen LogP contribution in [0.15, 0.2) is 0 Å². The Balaban J connectivity index is 2.54. The van der Waals surface area contributed by atoms with E-state index in [4.69, 9.17) is 4.74 Å². The maximum Gasteiger partial charge on any atom is 0.308 e. The van der Waals surface area contributed by atoms with Crippen molar-refractivity contribution in [2.24, 2.45) is 17.8 Å². The molecule has 12 heteroatoms. The second kappa shape index (κ2) is 15.3. The Labute approximate surface area is 250 Å². The number of carbonyl (C=O) groups excluding carboxylic acids is 6. The van der Waals surface area contributed by atoms with Crippen molar-refractivity contribution in [3.8, 4) is 0 Å². The lowest BCUT2D eigenvalue weighted by atomic mass is 9.94. The molecule has 42 heavy (non-hydrogen) atoms. The topological polar surface area (TPSA) is 145 Å². The largest absolute Gasteiger partial charge is 0.452 e. The molecule has 2 fully saturated rings. The van der Waals surface area contributed by atoms with Gasteiger partial charge in [0.2, 0.25) is 23.6 Å². The Hall–Kier alpha value is -3.18. The van der Waals surface area contributed by atoms with Gasteiger partial charge in [-0.1, -0.05) is 48.0 Å². The van der Waals surface area contributed by atoms with Crippen LogP contribution in [-0.2, 0) is 33.5 Å². The molecule has 2 rings (SSSR count). The number of hydrogen-bond donors (Lipinski definition) is 2. The van der Waals surface area contributed by atoms with E-state index in [1.54, 1.807) is 14.0 Å². The van der Waals surface area contributed by atoms with Crippen molar-refractivity contribution in [3.63, 3.8) is 0 Å². The molecule has 0 aliphatic carbocycles. The van der Waals surface area contributed by atoms with Crippen LogP contribution in [0.2, 0.25) is 0 Å². The number of rotatable bonds is 5. The summed E-state index contributed by atoms with van der Waals surface area (Å²) in [5.41, 5.74) is 0. The van der Waals surface area contributed by atoms with Gasteiger partial charge in [0.1, 0.15) is 24.2 Å². The summed E-state index contributed by atoms with van der Waals surface area (Å²) in [6.07, 6.45) is 0.636. The summed E-state index contributed by atoms with van der Waals surface area (Å²) in [5, 5.41) is 5.57. The lowest BCUT2D eigenvalue weighted by molar-refractivity contribution is -0.162. The molecule has 6 atom stereocenters. The highest BCUT2D eigenvalue weighted by Gasteiger charge is 2.42. The molecule has 2 heterocycles. The molecule has 2 aliphatic heterocycles. The number of cyclic esters (lactones) is 1. The molecule has 2 N–H and O–H groups in total. The molecule has 2 aliphatic rings. The number of nitrogens with one attached hydrogen (secondary N) is 2. The van der Waals surface area contributed by atoms with Gasteiger partial charge in [-0.15, -0.1) is 0 Å². The first-order valence-corrected chi connectivity index (χ1v) is 15.2. The highest BCUT2D eigenvalue weighted by atomic mass is 16.5. The maximum atomic E-state index is 13.9. The van der Waals surface area contributed by atoms with Gasteiger partial charge in [0.25, 0.3) is 5.91 Å². The van der Waals surface area contributed by atoms with Crippen molar-refractivity contribution in [1.82, 2.24) is 25.3 Å². The molecule has 2 saturated heterocycles. The quantitative estimate of drug-likeness (QED) is 0.457. The lowest BCUT2D eigenvalue weighted by Crippen LogP contribution is -2.60. The van der Waals surface area contributed by atoms with E-state index in [9.17, 15) is 28.8 Å². The summed E-state index contributed by atoms with van der Waals surface area (Å²) in [6.45, 7) is 13.1. The second-order valence-electron chi connectivity index (χ2n) is 12.5. The summed E-state index contributed by atoms with van der Waals surface area (Å²) in [4.78, 5) is 84.6. The third kappa shape index (κ3) is 8.44. The number of likely N-dealkylation sites (N-methyl/N-ethyl adjacent to an activating group) is 2. The van der Waals surface area contributed by atoms with Gasteiger partial charge in [-0.3, -0.25) is 28.8 Å². The smallest absolute Gasteiger partial charge is 0.308 e. The molecule has 1 unspecified atom stereocenters. The van der Waals surface area contributed by atoms with Gasteiger partial charge in [0.15, 0.2) is 6.10 Å². The molecule has 0 aromatic heterocycles. The summed E-state index contributed by atoms with van der Waals surface area (Å²) < 4.78 is 5.59. The van der Waals surface area contributed by atoms with E-state index in [1.165, 1.54) is 21.7 Å². The van der Waals surface area contributed by atoms with E-state index in [-0.39, 0.29) is 37.1 Å². The predicted molar refractivity (Wildman–Crippen MR) is 157 cm³/mol. The number of esters is 1. The second-order valence-corrected chi connectivity index (χ2v) is 12.5. The summed E-state index contributed by atoms with van der Waals surface area (Å²) >= 11 is 0. The Bertz CT molecular complexity index is 1020. The number of fused-ring (bicyclic) bond motifs is 1. The van der Waals surface area contributed by atoms with Crippen LogP contribution < -0.4 is 10.6 Å². The van der Waals surface area contributed by atoms with Gasteiger partial charge < -0.3 is 30.1 Å². The fourth-order valence-corrected chi connectivity index (χ4v) is 5.53. The molecule has 0 saturated carbocycles. The SMILES string of the molecule is CC[C@H](C)[C@@H]1NC(=O)[C@@H]2CCCN2C(=O)[C@@H](CC(C)C)OC(=O)CCNC(=O)[C@@H](C)N(C)C(=O)C(C(C)C)N(C)C1=O. The van der Waals surface area contributed by atoms with Crippen molar-refractivity contribution < 1.29 is 33.5 Å². The standard InChI is InChI=1S/C30H51N5O7/c1-10-19(6)24-29(40)34(9)25(18(4)5)30(41)33(8)20(7)26(37)31-14-13-23(36)42-22(16-17(2)3)28(39)35-15-11-12-21(35)27(38)32-24/h17-22,24-25H,10-16H2,1-9H3,(H,31,37)(H,32,38)/t19-,20+,21-,22+,24-,25?/m0/s1. The third-order valence-electron chi connectivity index (χ3n) is 8.44. The zero-order valence-electron chi connectivity index (χ0n) is 26.8. The van der Waals surface area contributed by atoms with Crippen LogP contribution in [-0.4, -0.2) is 108 Å². The molecule has 238 valence electrons. The zero-order valence-corrected chi connectivity index (χ0v) is 26.8. The lowest BCUT2D eigenvalue weighted by Gasteiger charge is -2.38. The van der Waals surface area contributed by atoms with Crippen molar-refractivity contribution in [1.29, 1.82) is 0 Å². The fourth-order valence-electron chi connectivity index (χ4n) is 5.53. The fraction of sp³-hybridized carbons (Fsp3) is 0.800. The number of carbonyl (C=O) groups is 6. The van der Waals surface area contributed by atoms with Gasteiger partial charge in [-0.2, -0.15) is 0 Å². The van der Waals surface area contributed by atoms with Crippen LogP contribution in [0.3, 0.4) is 0 Å². The van der Waals surface area contributed by atoms with Crippen LogP contribution in [0, 0.1) is 17.8 Å². The molecular weight excluding hydrogens is 542 g/mol. The molecule has 0 bridgehead atoms. The summed E-state index contributed by atoms with van der Waals surface area (Å²) in [6, 6.07) is -3.52. The van der Waals surface area contributed by atoms with Crippen molar-refractivity contribution in [2.75, 3.05) is 27.2 Å². The van der Waals surface area contributed by atoms with E-state index in [2.05, 4.69) is 10.6 Å². The van der Waals surface area contributed by atoms with Crippen LogP contribution in [0.4, 0.5) is 0 Å². The normalized spacial score (nSPS) is 28.6. The first kappa shape index (κ1) is 35.0. The van der Waals surface area contributed by atoms with Gasteiger partial charge in [0, 0.05) is 27.2 Å². The molecule has 0 radical (unpaired) electrons. The molecule has 0 aromatic rings. The van der Waals surface area contributed by atoms with E-state index in [1.807, 2.05) is 41.5 Å². The molecule has 5 amide bonds. The minimum atomic E-state index is -1.07. The van der Waals surface area contributed by atoms with Gasteiger partial charge in [-0.05, 0) is 43.9 Å². The minimum absolute atomic E-state index is 0.0358. The Morgan fingerprint density at radius 1 is 0.905 bits per heavy atom. The van der Waals surface area contributed by atoms with E-state index in [0.717, 1.165) is 0 Å². The van der Waals surface area contributed by atoms with Crippen molar-refractivity contribution in [3.05, 3.63) is 0 Å². The van der Waals surface area contributed by atoms with E-state index in [0.29, 0.717) is 25.8 Å². The average Bonchev–Trinajstić information content (AvgIpc) is 3.42. The Kier molecular flexibility index (Phi) is 12.8. The number of amides is 5. The maximum absolute atomic E-state index is 13.9. The zero-order chi connectivity index (χ0) is 31.9. The van der Waals surface area contributed by atoms with Crippen molar-refractivity contribution >= 4 is 35.5 Å². The van der Waals surface area contributed by atoms with Crippen molar-refractivity contribution in [2.45, 2.75) is 111 Å². The van der Waals surface area contributed by atoms with Crippen LogP contribution in [0.25, 0.3) is 0 Å². The van der Waals surface area contributed by atoms with Gasteiger partial charge >= 0.3 is 5.97 Å². The molecular formula is C30H51N5O7. The minimum Gasteiger partial charge on any atom is -0.452 e. The highest BCUT2D eigenvalue weighted by molar-refractivity contribution is 5.96. The number of nitrogens with zero attached hydrogens (tertiary/aromatic N) is 3. The van der Waals surface area contributed by atoms with Gasteiger partial charge in [-0.25, -0.2) is 0 Å². The van der Waals surface area contributed by atoms with Crippen LogP contribution in [0.5, 0.6) is 0 Å². The van der Waals surface area contributed by atoms with E-state index >= 15 is 0 Å². The Morgan fingerprint density at radius 3 is 2.12 bits per heavy atom. The van der Waals surface area contributed by atoms with Crippen LogP contribution in [0.1, 0.15) is 80.6 Å². The first-order chi connectivity index (χ1) is 19.6. The first-order valence-electron chi connectivity index (χ1n) is 15.2. The van der Waals surface area contributed by atoms with Crippen LogP contribution >= 0.6 is 0 Å². The third-order valence-corrected chi connectivity index (χ3v) is 8.44. The molecule has 0 aromatic carbocycles. The van der Waals surface area contributed by atoms with Gasteiger partial charge in [0.05, 0.1) is 6.42 Å². The predicted octanol–water partition coefficient (Wildman–Crippen LogP) is 1.32. The van der Waals surface area contributed by atoms with E-state index < -0.39 is 65.8 Å². The highest BCUT2D eigenvalue weighted by Crippen LogP contribution is 2.24. The molecule has 0 spiro atoms. The average molecular weight is 594 g/mol. The summed E-state index contributed by atoms with van der Waals surface area (Å²) in [5.74, 6) is -3.36. The summed E-state index contributed by atoms with van der Waals surface area (Å²) in [7, 11) is 3.04.